The Labute approximate surface area is 129 Å². The lowest BCUT2D eigenvalue weighted by molar-refractivity contribution is 0.202. The Balaban J connectivity index is 1.73. The van der Waals surface area contributed by atoms with E-state index in [2.05, 4.69) is 23.8 Å². The minimum absolute atomic E-state index is 0.236. The molecule has 1 aliphatic rings. The van der Waals surface area contributed by atoms with E-state index in [1.807, 2.05) is 30.1 Å². The van der Waals surface area contributed by atoms with E-state index in [1.165, 1.54) is 17.9 Å². The van der Waals surface area contributed by atoms with Crippen LogP contribution in [0.5, 0.6) is 0 Å². The van der Waals surface area contributed by atoms with Gasteiger partial charge in [0.1, 0.15) is 5.82 Å². The van der Waals surface area contributed by atoms with E-state index in [9.17, 15) is 4.39 Å². The summed E-state index contributed by atoms with van der Waals surface area (Å²) in [5.74, 6) is 0.941. The van der Waals surface area contributed by atoms with Crippen LogP contribution < -0.4 is 0 Å². The molecular formula is C16H20FN3S. The van der Waals surface area contributed by atoms with Gasteiger partial charge in [0.15, 0.2) is 0 Å². The molecule has 2 heterocycles. The van der Waals surface area contributed by atoms with Gasteiger partial charge in [-0.15, -0.1) is 0 Å². The van der Waals surface area contributed by atoms with Crippen LogP contribution in [-0.4, -0.2) is 38.3 Å². The molecule has 3 rings (SSSR count). The van der Waals surface area contributed by atoms with Gasteiger partial charge in [-0.3, -0.25) is 4.90 Å². The molecule has 1 aromatic heterocycles. The third-order valence-electron chi connectivity index (χ3n) is 4.10. The summed E-state index contributed by atoms with van der Waals surface area (Å²) >= 11 is 2.04. The molecule has 1 saturated heterocycles. The first-order valence-electron chi connectivity index (χ1n) is 7.29. The molecular weight excluding hydrogens is 285 g/mol. The van der Waals surface area contributed by atoms with Crippen molar-refractivity contribution < 1.29 is 4.39 Å². The summed E-state index contributed by atoms with van der Waals surface area (Å²) in [4.78, 5) is 2.47. The second-order valence-corrected chi connectivity index (χ2v) is 7.00. The Bertz CT molecular complexity index is 613. The summed E-state index contributed by atoms with van der Waals surface area (Å²) in [7, 11) is 0. The Morgan fingerprint density at radius 1 is 1.33 bits per heavy atom. The third kappa shape index (κ3) is 3.30. The molecule has 0 radical (unpaired) electrons. The minimum Gasteiger partial charge on any atom is -0.293 e. The van der Waals surface area contributed by atoms with E-state index in [-0.39, 0.29) is 5.82 Å². The summed E-state index contributed by atoms with van der Waals surface area (Å²) in [6.07, 6.45) is 1.90. The van der Waals surface area contributed by atoms with Crippen molar-refractivity contribution in [3.8, 4) is 5.69 Å². The molecule has 0 saturated carbocycles. The maximum absolute atomic E-state index is 13.3. The number of benzene rings is 1. The van der Waals surface area contributed by atoms with Gasteiger partial charge in [-0.05, 0) is 31.2 Å². The molecule has 0 N–H and O–H groups in total. The van der Waals surface area contributed by atoms with Crippen LogP contribution in [-0.2, 0) is 6.54 Å². The fourth-order valence-electron chi connectivity index (χ4n) is 2.64. The predicted octanol–water partition coefficient (Wildman–Crippen LogP) is 3.34. The number of aromatic nitrogens is 2. The molecule has 2 unspecified atom stereocenters. The molecule has 0 spiro atoms. The fourth-order valence-corrected chi connectivity index (χ4v) is 3.80. The molecule has 112 valence electrons. The molecule has 2 aromatic rings. The van der Waals surface area contributed by atoms with E-state index in [0.29, 0.717) is 11.3 Å². The zero-order chi connectivity index (χ0) is 14.8. The summed E-state index contributed by atoms with van der Waals surface area (Å²) in [6, 6.07) is 9.09. The number of halogens is 1. The highest BCUT2D eigenvalue weighted by Gasteiger charge is 2.25. The molecule has 21 heavy (non-hydrogen) atoms. The highest BCUT2D eigenvalue weighted by molar-refractivity contribution is 8.00. The number of thioether (sulfide) groups is 1. The van der Waals surface area contributed by atoms with Crippen molar-refractivity contribution in [2.45, 2.75) is 31.7 Å². The molecule has 0 amide bonds. The van der Waals surface area contributed by atoms with Crippen molar-refractivity contribution in [1.29, 1.82) is 0 Å². The van der Waals surface area contributed by atoms with Crippen LogP contribution in [0.2, 0.25) is 0 Å². The van der Waals surface area contributed by atoms with Crippen LogP contribution in [0.3, 0.4) is 0 Å². The first-order chi connectivity index (χ1) is 10.1. The Morgan fingerprint density at radius 3 is 3.00 bits per heavy atom. The number of nitrogens with zero attached hydrogens (tertiary/aromatic N) is 3. The molecule has 0 bridgehead atoms. The zero-order valence-electron chi connectivity index (χ0n) is 12.4. The lowest BCUT2D eigenvalue weighted by atomic mass is 10.2. The van der Waals surface area contributed by atoms with Crippen molar-refractivity contribution in [3.63, 3.8) is 0 Å². The van der Waals surface area contributed by atoms with Crippen LogP contribution >= 0.6 is 11.8 Å². The second-order valence-electron chi connectivity index (χ2n) is 5.52. The topological polar surface area (TPSA) is 21.1 Å². The molecule has 2 atom stereocenters. The van der Waals surface area contributed by atoms with Crippen molar-refractivity contribution in [2.24, 2.45) is 0 Å². The zero-order valence-corrected chi connectivity index (χ0v) is 13.2. The summed E-state index contributed by atoms with van der Waals surface area (Å²) < 4.78 is 15.0. The maximum Gasteiger partial charge on any atom is 0.125 e. The average Bonchev–Trinajstić information content (AvgIpc) is 2.93. The Hall–Kier alpha value is -1.33. The van der Waals surface area contributed by atoms with Gasteiger partial charge in [-0.1, -0.05) is 13.0 Å². The van der Waals surface area contributed by atoms with Gasteiger partial charge in [0, 0.05) is 36.3 Å². The van der Waals surface area contributed by atoms with E-state index in [4.69, 9.17) is 0 Å². The average molecular weight is 305 g/mol. The molecule has 1 aliphatic heterocycles. The normalized spacial score (nSPS) is 23.4. The monoisotopic (exact) mass is 305 g/mol. The van der Waals surface area contributed by atoms with Crippen LogP contribution in [0.25, 0.3) is 5.69 Å². The third-order valence-corrected chi connectivity index (χ3v) is 5.43. The van der Waals surface area contributed by atoms with Gasteiger partial charge in [0.05, 0.1) is 11.4 Å². The number of hydrogen-bond donors (Lipinski definition) is 0. The van der Waals surface area contributed by atoms with Gasteiger partial charge in [-0.2, -0.15) is 16.9 Å². The number of hydrogen-bond acceptors (Lipinski definition) is 3. The van der Waals surface area contributed by atoms with Gasteiger partial charge in [0.25, 0.3) is 0 Å². The lowest BCUT2D eigenvalue weighted by Gasteiger charge is -2.36. The molecule has 0 aliphatic carbocycles. The summed E-state index contributed by atoms with van der Waals surface area (Å²) in [5.41, 5.74) is 1.79. The van der Waals surface area contributed by atoms with E-state index in [1.54, 1.807) is 10.7 Å². The largest absolute Gasteiger partial charge is 0.293 e. The van der Waals surface area contributed by atoms with Crippen LogP contribution in [0.4, 0.5) is 4.39 Å². The first kappa shape index (κ1) is 14.6. The van der Waals surface area contributed by atoms with E-state index >= 15 is 0 Å². The second kappa shape index (κ2) is 6.20. The Kier molecular flexibility index (Phi) is 4.31. The lowest BCUT2D eigenvalue weighted by Crippen LogP contribution is -2.44. The predicted molar refractivity (Wildman–Crippen MR) is 85.3 cm³/mol. The standard InChI is InChI=1S/C16H20FN3S/c1-12-13(2)21-9-8-19(12)11-15-6-7-20(18-15)16-5-3-4-14(17)10-16/h3-7,10,12-13H,8-9,11H2,1-2H3. The van der Waals surface area contributed by atoms with Gasteiger partial charge in [0.2, 0.25) is 0 Å². The summed E-state index contributed by atoms with van der Waals surface area (Å²) in [6.45, 7) is 6.52. The van der Waals surface area contributed by atoms with Crippen LogP contribution in [0.15, 0.2) is 36.5 Å². The summed E-state index contributed by atoms with van der Waals surface area (Å²) in [5, 5.41) is 5.23. The quantitative estimate of drug-likeness (QED) is 0.868. The fraction of sp³-hybridized carbons (Fsp3) is 0.438. The Morgan fingerprint density at radius 2 is 2.19 bits per heavy atom. The molecule has 1 fully saturated rings. The number of rotatable bonds is 3. The first-order valence-corrected chi connectivity index (χ1v) is 8.34. The highest BCUT2D eigenvalue weighted by atomic mass is 32.2. The van der Waals surface area contributed by atoms with E-state index in [0.717, 1.165) is 24.5 Å². The van der Waals surface area contributed by atoms with Crippen LogP contribution in [0.1, 0.15) is 19.5 Å². The highest BCUT2D eigenvalue weighted by Crippen LogP contribution is 2.25. The maximum atomic E-state index is 13.3. The van der Waals surface area contributed by atoms with Gasteiger partial charge >= 0.3 is 0 Å². The molecule has 1 aromatic carbocycles. The van der Waals surface area contributed by atoms with Crippen molar-refractivity contribution in [3.05, 3.63) is 48.0 Å². The smallest absolute Gasteiger partial charge is 0.125 e. The van der Waals surface area contributed by atoms with Gasteiger partial charge in [-0.25, -0.2) is 9.07 Å². The SMILES string of the molecule is CC1SCCN(Cc2ccn(-c3cccc(F)c3)n2)C1C. The minimum atomic E-state index is -0.236. The molecule has 3 nitrogen and oxygen atoms in total. The van der Waals surface area contributed by atoms with Crippen LogP contribution in [0, 0.1) is 5.82 Å². The van der Waals surface area contributed by atoms with E-state index < -0.39 is 0 Å². The molecule has 5 heteroatoms. The van der Waals surface area contributed by atoms with Gasteiger partial charge < -0.3 is 0 Å². The van der Waals surface area contributed by atoms with Crippen molar-refractivity contribution in [1.82, 2.24) is 14.7 Å². The van der Waals surface area contributed by atoms with Crippen molar-refractivity contribution in [2.75, 3.05) is 12.3 Å². The van der Waals surface area contributed by atoms with Crippen molar-refractivity contribution >= 4 is 11.8 Å².